The molecule has 3 nitrogen and oxygen atoms in total. The lowest BCUT2D eigenvalue weighted by Gasteiger charge is -2.38. The van der Waals surface area contributed by atoms with Gasteiger partial charge in [-0.1, -0.05) is 42.5 Å². The molecule has 1 saturated carbocycles. The predicted octanol–water partition coefficient (Wildman–Crippen LogP) is 3.54. The summed E-state index contributed by atoms with van der Waals surface area (Å²) in [6.07, 6.45) is 6.38. The van der Waals surface area contributed by atoms with Crippen molar-refractivity contribution in [2.45, 2.75) is 12.8 Å². The quantitative estimate of drug-likeness (QED) is 0.597. The highest BCUT2D eigenvalue weighted by atomic mass is 16.2. The molecular weight excluding hydrogens is 286 g/mol. The van der Waals surface area contributed by atoms with E-state index in [9.17, 15) is 9.59 Å². The Balaban J connectivity index is 1.60. The molecule has 0 radical (unpaired) electrons. The molecule has 4 aliphatic rings. The standard InChI is InChI=1S/C20H17NO2/c22-19-17-13-5-6-14(8-7-13)18(17)20(23)21(19)16-10-9-12-3-1-2-4-15(12)11-16/h1-6,9-11,13-14,17-18H,7-8H2/t13-,14-,17-,18+/m0/s1. The van der Waals surface area contributed by atoms with Gasteiger partial charge in [-0.2, -0.15) is 0 Å². The molecule has 23 heavy (non-hydrogen) atoms. The van der Waals surface area contributed by atoms with Crippen LogP contribution in [0.25, 0.3) is 10.8 Å². The van der Waals surface area contributed by atoms with Crippen LogP contribution in [0.15, 0.2) is 54.6 Å². The van der Waals surface area contributed by atoms with Crippen molar-refractivity contribution in [2.75, 3.05) is 4.90 Å². The third-order valence-corrected chi connectivity index (χ3v) is 5.75. The Kier molecular flexibility index (Phi) is 2.58. The van der Waals surface area contributed by atoms with Crippen LogP contribution in [-0.2, 0) is 9.59 Å². The third kappa shape index (κ3) is 1.70. The van der Waals surface area contributed by atoms with Crippen LogP contribution in [-0.4, -0.2) is 11.8 Å². The molecule has 0 spiro atoms. The Labute approximate surface area is 134 Å². The van der Waals surface area contributed by atoms with Crippen molar-refractivity contribution in [1.29, 1.82) is 0 Å². The SMILES string of the molecule is O=C1[C@@H]2[C@H](C(=O)N1c1ccc3ccccc3c1)[C@H]1C=C[C@H]2CC1. The highest BCUT2D eigenvalue weighted by Crippen LogP contribution is 2.50. The molecule has 0 N–H and O–H groups in total. The minimum atomic E-state index is -0.141. The molecule has 3 heteroatoms. The van der Waals surface area contributed by atoms with Gasteiger partial charge < -0.3 is 0 Å². The van der Waals surface area contributed by atoms with Gasteiger partial charge in [0.15, 0.2) is 0 Å². The average Bonchev–Trinajstić information content (AvgIpc) is 2.89. The molecule has 114 valence electrons. The van der Waals surface area contributed by atoms with Gasteiger partial charge in [-0.15, -0.1) is 0 Å². The number of imide groups is 1. The Morgan fingerprint density at radius 3 is 2.00 bits per heavy atom. The van der Waals surface area contributed by atoms with Crippen molar-refractivity contribution in [2.24, 2.45) is 23.7 Å². The number of fused-ring (bicyclic) bond motifs is 2. The second-order valence-corrected chi connectivity index (χ2v) is 6.88. The molecule has 1 aliphatic heterocycles. The summed E-state index contributed by atoms with van der Waals surface area (Å²) >= 11 is 0. The first-order chi connectivity index (χ1) is 11.2. The second-order valence-electron chi connectivity index (χ2n) is 6.88. The summed E-state index contributed by atoms with van der Waals surface area (Å²) in [7, 11) is 0. The predicted molar refractivity (Wildman–Crippen MR) is 88.8 cm³/mol. The molecule has 0 aromatic heterocycles. The normalized spacial score (nSPS) is 31.9. The van der Waals surface area contributed by atoms with E-state index in [0.717, 1.165) is 23.6 Å². The van der Waals surface area contributed by atoms with Crippen molar-refractivity contribution in [3.8, 4) is 0 Å². The molecule has 2 aromatic carbocycles. The maximum atomic E-state index is 12.9. The molecule has 2 aromatic rings. The smallest absolute Gasteiger partial charge is 0.238 e. The number of hydrogen-bond acceptors (Lipinski definition) is 2. The van der Waals surface area contributed by atoms with E-state index in [1.165, 1.54) is 4.90 Å². The van der Waals surface area contributed by atoms with Crippen LogP contribution >= 0.6 is 0 Å². The van der Waals surface area contributed by atoms with Gasteiger partial charge >= 0.3 is 0 Å². The zero-order valence-corrected chi connectivity index (χ0v) is 12.7. The lowest BCUT2D eigenvalue weighted by atomic mass is 9.63. The van der Waals surface area contributed by atoms with Crippen LogP contribution < -0.4 is 4.90 Å². The van der Waals surface area contributed by atoms with Crippen LogP contribution in [0.2, 0.25) is 0 Å². The van der Waals surface area contributed by atoms with Gasteiger partial charge in [-0.25, -0.2) is 4.90 Å². The first-order valence-corrected chi connectivity index (χ1v) is 8.29. The summed E-state index contributed by atoms with van der Waals surface area (Å²) in [4.78, 5) is 27.3. The fourth-order valence-corrected chi connectivity index (χ4v) is 4.64. The van der Waals surface area contributed by atoms with E-state index < -0.39 is 0 Å². The summed E-state index contributed by atoms with van der Waals surface area (Å²) in [6, 6.07) is 13.9. The Hall–Kier alpha value is -2.42. The molecule has 2 fully saturated rings. The summed E-state index contributed by atoms with van der Waals surface area (Å²) in [5.41, 5.74) is 0.715. The molecule has 2 bridgehead atoms. The minimum absolute atomic E-state index is 0.00525. The molecule has 4 atom stereocenters. The van der Waals surface area contributed by atoms with Crippen LogP contribution in [0.1, 0.15) is 12.8 Å². The molecular formula is C20H17NO2. The number of benzene rings is 2. The number of anilines is 1. The van der Waals surface area contributed by atoms with Crippen LogP contribution in [0.5, 0.6) is 0 Å². The van der Waals surface area contributed by atoms with E-state index in [4.69, 9.17) is 0 Å². The highest BCUT2D eigenvalue weighted by molar-refractivity contribution is 6.23. The number of rotatable bonds is 1. The zero-order valence-electron chi connectivity index (χ0n) is 12.7. The van der Waals surface area contributed by atoms with Crippen LogP contribution in [0.4, 0.5) is 5.69 Å². The van der Waals surface area contributed by atoms with Gasteiger partial charge in [0.25, 0.3) is 0 Å². The van der Waals surface area contributed by atoms with Gasteiger partial charge in [0, 0.05) is 0 Å². The Morgan fingerprint density at radius 1 is 0.783 bits per heavy atom. The molecule has 0 unspecified atom stereocenters. The van der Waals surface area contributed by atoms with E-state index in [0.29, 0.717) is 5.69 Å². The number of carbonyl (C=O) groups is 2. The number of nitrogens with zero attached hydrogens (tertiary/aromatic N) is 1. The number of hydrogen-bond donors (Lipinski definition) is 0. The van der Waals surface area contributed by atoms with E-state index in [2.05, 4.69) is 12.2 Å². The summed E-state index contributed by atoms with van der Waals surface area (Å²) in [5.74, 6) is 0.193. The molecule has 6 rings (SSSR count). The van der Waals surface area contributed by atoms with Gasteiger partial charge in [-0.05, 0) is 47.6 Å². The lowest BCUT2D eigenvalue weighted by Crippen LogP contribution is -2.38. The average molecular weight is 303 g/mol. The lowest BCUT2D eigenvalue weighted by molar-refractivity contribution is -0.124. The third-order valence-electron chi connectivity index (χ3n) is 5.75. The number of amides is 2. The minimum Gasteiger partial charge on any atom is -0.274 e. The van der Waals surface area contributed by atoms with Crippen molar-refractivity contribution in [1.82, 2.24) is 0 Å². The van der Waals surface area contributed by atoms with Gasteiger partial charge in [-0.3, -0.25) is 9.59 Å². The fraction of sp³-hybridized carbons (Fsp3) is 0.300. The zero-order chi connectivity index (χ0) is 15.6. The van der Waals surface area contributed by atoms with Crippen LogP contribution in [0, 0.1) is 23.7 Å². The first kappa shape index (κ1) is 13.1. The van der Waals surface area contributed by atoms with Gasteiger partial charge in [0.1, 0.15) is 0 Å². The molecule has 2 amide bonds. The molecule has 3 aliphatic carbocycles. The Bertz CT molecular complexity index is 837. The van der Waals surface area contributed by atoms with Crippen molar-refractivity contribution >= 4 is 28.3 Å². The Morgan fingerprint density at radius 2 is 1.39 bits per heavy atom. The number of allylic oxidation sites excluding steroid dienone is 2. The van der Waals surface area contributed by atoms with Crippen LogP contribution in [0.3, 0.4) is 0 Å². The van der Waals surface area contributed by atoms with Crippen molar-refractivity contribution in [3.05, 3.63) is 54.6 Å². The summed E-state index contributed by atoms with van der Waals surface area (Å²) in [5, 5.41) is 2.18. The monoisotopic (exact) mass is 303 g/mol. The molecule has 1 heterocycles. The topological polar surface area (TPSA) is 37.4 Å². The summed E-state index contributed by atoms with van der Waals surface area (Å²) in [6.45, 7) is 0. The second kappa shape index (κ2) is 4.54. The van der Waals surface area contributed by atoms with Gasteiger partial charge in [0.05, 0.1) is 17.5 Å². The van der Waals surface area contributed by atoms with Crippen molar-refractivity contribution in [3.63, 3.8) is 0 Å². The molecule has 1 saturated heterocycles. The maximum Gasteiger partial charge on any atom is 0.238 e. The fourth-order valence-electron chi connectivity index (χ4n) is 4.64. The number of carbonyl (C=O) groups excluding carboxylic acids is 2. The largest absolute Gasteiger partial charge is 0.274 e. The van der Waals surface area contributed by atoms with Crippen molar-refractivity contribution < 1.29 is 9.59 Å². The van der Waals surface area contributed by atoms with E-state index in [1.54, 1.807) is 0 Å². The maximum absolute atomic E-state index is 12.9. The first-order valence-electron chi connectivity index (χ1n) is 8.29. The van der Waals surface area contributed by atoms with E-state index in [1.807, 2.05) is 42.5 Å². The summed E-state index contributed by atoms with van der Waals surface area (Å²) < 4.78 is 0. The van der Waals surface area contributed by atoms with E-state index >= 15 is 0 Å². The van der Waals surface area contributed by atoms with E-state index in [-0.39, 0.29) is 35.5 Å². The van der Waals surface area contributed by atoms with Gasteiger partial charge in [0.2, 0.25) is 11.8 Å². The highest BCUT2D eigenvalue weighted by Gasteiger charge is 2.56.